The predicted molar refractivity (Wildman–Crippen MR) is 85.8 cm³/mol. The molecule has 1 N–H and O–H groups in total. The Morgan fingerprint density at radius 2 is 2.33 bits per heavy atom. The second-order valence-electron chi connectivity index (χ2n) is 6.13. The summed E-state index contributed by atoms with van der Waals surface area (Å²) in [7, 11) is 0. The third kappa shape index (κ3) is 5.16. The van der Waals surface area contributed by atoms with E-state index in [1.165, 1.54) is 12.8 Å². The summed E-state index contributed by atoms with van der Waals surface area (Å²) in [6.07, 6.45) is 4.27. The van der Waals surface area contributed by atoms with Gasteiger partial charge in [-0.1, -0.05) is 13.8 Å². The standard InChI is InChI=1S/C16H28N4O/c1-4-21-15-7-8-18-16(19-15)20-9-5-6-14(12-20)11-17-10-13(2)3/h7-8,13-14,17H,4-6,9-12H2,1-3H3. The number of aromatic nitrogens is 2. The first-order chi connectivity index (χ1) is 10.2. The molecule has 5 nitrogen and oxygen atoms in total. The number of anilines is 1. The zero-order valence-corrected chi connectivity index (χ0v) is 13.5. The van der Waals surface area contributed by atoms with Gasteiger partial charge in [0.05, 0.1) is 6.61 Å². The Labute approximate surface area is 128 Å². The Morgan fingerprint density at radius 3 is 3.10 bits per heavy atom. The summed E-state index contributed by atoms with van der Waals surface area (Å²) in [5.41, 5.74) is 0. The SMILES string of the molecule is CCOc1ccnc(N2CCCC(CNCC(C)C)C2)n1. The van der Waals surface area contributed by atoms with Crippen LogP contribution in [0.15, 0.2) is 12.3 Å². The molecule has 2 heterocycles. The minimum atomic E-state index is 0.637. The van der Waals surface area contributed by atoms with Gasteiger partial charge in [-0.2, -0.15) is 4.98 Å². The van der Waals surface area contributed by atoms with Crippen molar-refractivity contribution < 1.29 is 4.74 Å². The summed E-state index contributed by atoms with van der Waals surface area (Å²) < 4.78 is 5.47. The van der Waals surface area contributed by atoms with Crippen molar-refractivity contribution in [2.24, 2.45) is 11.8 Å². The molecule has 0 amide bonds. The monoisotopic (exact) mass is 292 g/mol. The van der Waals surface area contributed by atoms with Crippen LogP contribution in [0.2, 0.25) is 0 Å². The van der Waals surface area contributed by atoms with E-state index in [1.807, 2.05) is 13.0 Å². The van der Waals surface area contributed by atoms with Crippen molar-refractivity contribution in [3.05, 3.63) is 12.3 Å². The molecule has 1 aromatic rings. The van der Waals surface area contributed by atoms with Crippen LogP contribution in [0.4, 0.5) is 5.95 Å². The number of nitrogens with one attached hydrogen (secondary N) is 1. The molecule has 1 fully saturated rings. The molecule has 1 unspecified atom stereocenters. The van der Waals surface area contributed by atoms with Crippen molar-refractivity contribution >= 4 is 5.95 Å². The third-order valence-corrected chi connectivity index (χ3v) is 3.70. The largest absolute Gasteiger partial charge is 0.478 e. The molecule has 1 atom stereocenters. The molecule has 21 heavy (non-hydrogen) atoms. The van der Waals surface area contributed by atoms with Crippen LogP contribution in [0.3, 0.4) is 0 Å². The van der Waals surface area contributed by atoms with Crippen LogP contribution in [0.1, 0.15) is 33.6 Å². The highest BCUT2D eigenvalue weighted by Crippen LogP contribution is 2.21. The quantitative estimate of drug-likeness (QED) is 0.836. The highest BCUT2D eigenvalue weighted by molar-refractivity contribution is 5.32. The molecule has 0 aliphatic carbocycles. The van der Waals surface area contributed by atoms with E-state index >= 15 is 0 Å². The van der Waals surface area contributed by atoms with Gasteiger partial charge in [0.15, 0.2) is 0 Å². The van der Waals surface area contributed by atoms with Gasteiger partial charge in [0, 0.05) is 25.4 Å². The topological polar surface area (TPSA) is 50.3 Å². The smallest absolute Gasteiger partial charge is 0.228 e. The summed E-state index contributed by atoms with van der Waals surface area (Å²) >= 11 is 0. The summed E-state index contributed by atoms with van der Waals surface area (Å²) in [6.45, 7) is 11.3. The Morgan fingerprint density at radius 1 is 1.48 bits per heavy atom. The fraction of sp³-hybridized carbons (Fsp3) is 0.750. The van der Waals surface area contributed by atoms with E-state index in [1.54, 1.807) is 6.20 Å². The summed E-state index contributed by atoms with van der Waals surface area (Å²) in [5.74, 6) is 2.85. The van der Waals surface area contributed by atoms with Crippen LogP contribution < -0.4 is 15.0 Å². The van der Waals surface area contributed by atoms with E-state index in [9.17, 15) is 0 Å². The molecule has 118 valence electrons. The summed E-state index contributed by atoms with van der Waals surface area (Å²) in [4.78, 5) is 11.2. The number of rotatable bonds is 7. The molecule has 0 saturated carbocycles. The van der Waals surface area contributed by atoms with Crippen molar-refractivity contribution in [3.8, 4) is 5.88 Å². The zero-order valence-electron chi connectivity index (χ0n) is 13.5. The molecule has 1 aliphatic heterocycles. The van der Waals surface area contributed by atoms with E-state index in [0.29, 0.717) is 24.3 Å². The maximum atomic E-state index is 5.47. The molecule has 2 rings (SSSR count). The number of ether oxygens (including phenoxy) is 1. The average molecular weight is 292 g/mol. The number of nitrogens with zero attached hydrogens (tertiary/aromatic N) is 3. The van der Waals surface area contributed by atoms with Crippen LogP contribution in [0.25, 0.3) is 0 Å². The molecule has 0 spiro atoms. The second-order valence-corrected chi connectivity index (χ2v) is 6.13. The molecule has 1 aliphatic rings. The van der Waals surface area contributed by atoms with E-state index < -0.39 is 0 Å². The van der Waals surface area contributed by atoms with Gasteiger partial charge in [-0.15, -0.1) is 0 Å². The number of hydrogen-bond donors (Lipinski definition) is 1. The van der Waals surface area contributed by atoms with E-state index in [-0.39, 0.29) is 0 Å². The van der Waals surface area contributed by atoms with Gasteiger partial charge >= 0.3 is 0 Å². The fourth-order valence-electron chi connectivity index (χ4n) is 2.70. The Bertz CT molecular complexity index is 424. The van der Waals surface area contributed by atoms with Crippen LogP contribution in [0.5, 0.6) is 5.88 Å². The maximum Gasteiger partial charge on any atom is 0.228 e. The average Bonchev–Trinajstić information content (AvgIpc) is 2.48. The van der Waals surface area contributed by atoms with Crippen molar-refractivity contribution in [2.45, 2.75) is 33.6 Å². The van der Waals surface area contributed by atoms with Gasteiger partial charge in [0.2, 0.25) is 11.8 Å². The molecule has 0 bridgehead atoms. The highest BCUT2D eigenvalue weighted by atomic mass is 16.5. The van der Waals surface area contributed by atoms with Gasteiger partial charge in [-0.25, -0.2) is 4.98 Å². The lowest BCUT2D eigenvalue weighted by Gasteiger charge is -2.33. The minimum absolute atomic E-state index is 0.637. The Hall–Kier alpha value is -1.36. The predicted octanol–water partition coefficient (Wildman–Crippen LogP) is 2.34. The van der Waals surface area contributed by atoms with Gasteiger partial charge in [0.1, 0.15) is 0 Å². The first-order valence-electron chi connectivity index (χ1n) is 8.10. The van der Waals surface area contributed by atoms with Gasteiger partial charge in [-0.3, -0.25) is 0 Å². The Balaban J connectivity index is 1.89. The molecule has 1 aromatic heterocycles. The second kappa shape index (κ2) is 8.17. The van der Waals surface area contributed by atoms with E-state index in [0.717, 1.165) is 32.1 Å². The lowest BCUT2D eigenvalue weighted by atomic mass is 9.98. The molecular weight excluding hydrogens is 264 g/mol. The lowest BCUT2D eigenvalue weighted by molar-refractivity contribution is 0.325. The first-order valence-corrected chi connectivity index (χ1v) is 8.10. The number of piperidine rings is 1. The lowest BCUT2D eigenvalue weighted by Crippen LogP contribution is -2.41. The van der Waals surface area contributed by atoms with E-state index in [4.69, 9.17) is 4.74 Å². The number of hydrogen-bond acceptors (Lipinski definition) is 5. The third-order valence-electron chi connectivity index (χ3n) is 3.70. The van der Waals surface area contributed by atoms with Crippen molar-refractivity contribution in [2.75, 3.05) is 37.7 Å². The van der Waals surface area contributed by atoms with Crippen molar-refractivity contribution in [3.63, 3.8) is 0 Å². The molecule has 0 aromatic carbocycles. The fourth-order valence-corrected chi connectivity index (χ4v) is 2.70. The van der Waals surface area contributed by atoms with Gasteiger partial charge < -0.3 is 15.0 Å². The normalized spacial score (nSPS) is 19.0. The minimum Gasteiger partial charge on any atom is -0.478 e. The highest BCUT2D eigenvalue weighted by Gasteiger charge is 2.21. The zero-order chi connectivity index (χ0) is 15.1. The maximum absolute atomic E-state index is 5.47. The first kappa shape index (κ1) is 16.0. The molecule has 1 saturated heterocycles. The molecular formula is C16H28N4O. The van der Waals surface area contributed by atoms with Gasteiger partial charge in [-0.05, 0) is 44.7 Å². The van der Waals surface area contributed by atoms with Crippen molar-refractivity contribution in [1.29, 1.82) is 0 Å². The Kier molecular flexibility index (Phi) is 6.23. The summed E-state index contributed by atoms with van der Waals surface area (Å²) in [5, 5.41) is 3.57. The van der Waals surface area contributed by atoms with E-state index in [2.05, 4.69) is 34.0 Å². The molecule has 5 heteroatoms. The summed E-state index contributed by atoms with van der Waals surface area (Å²) in [6, 6.07) is 1.82. The van der Waals surface area contributed by atoms with Crippen LogP contribution in [-0.4, -0.2) is 42.8 Å². The van der Waals surface area contributed by atoms with Crippen LogP contribution >= 0.6 is 0 Å². The van der Waals surface area contributed by atoms with Gasteiger partial charge in [0.25, 0.3) is 0 Å². The molecule has 0 radical (unpaired) electrons. The van der Waals surface area contributed by atoms with Crippen LogP contribution in [-0.2, 0) is 0 Å². The van der Waals surface area contributed by atoms with Crippen molar-refractivity contribution in [1.82, 2.24) is 15.3 Å². The van der Waals surface area contributed by atoms with Crippen LogP contribution in [0, 0.1) is 11.8 Å².